The van der Waals surface area contributed by atoms with Gasteiger partial charge in [0, 0.05) is 18.6 Å². The van der Waals surface area contributed by atoms with Gasteiger partial charge in [0.2, 0.25) is 0 Å². The standard InChI is InChI=1S/C47H71FN2O6/c1-29(2)32-13-18-47(49-23-26-50-24-21-46(22-25-50,40(53)54)41(55)56)20-19-44(6)35(38(32)47)11-12-37-43(5)16-14-34(42(3,4)36(43)15-17-45(37,44)7)31-10-8-9-30(27-31)33(28-48)39(51)52/h14,27,30,32-33,35-38,49H,1,8-13,15-26,28H2,2-7H3,(H,51,52)(H,53,54)(H,55,56)/t30?,32-,33?,35+,36-,37+,38+,43-,44+,45+,47-/m0/s1. The van der Waals surface area contributed by atoms with Gasteiger partial charge in [-0.25, -0.2) is 0 Å². The van der Waals surface area contributed by atoms with Crippen molar-refractivity contribution in [1.82, 2.24) is 10.2 Å². The Hall–Kier alpha value is -2.52. The van der Waals surface area contributed by atoms with E-state index < -0.39 is 35.9 Å². The number of aliphatic carboxylic acids is 3. The van der Waals surface area contributed by atoms with Gasteiger partial charge in [0.15, 0.2) is 5.41 Å². The van der Waals surface area contributed by atoms with Crippen molar-refractivity contribution in [3.63, 3.8) is 0 Å². The number of carboxylic acid groups (broad SMARTS) is 3. The van der Waals surface area contributed by atoms with Crippen LogP contribution in [0.4, 0.5) is 4.39 Å². The lowest BCUT2D eigenvalue weighted by Crippen LogP contribution is -2.68. The number of nitrogens with one attached hydrogen (secondary N) is 1. The molecule has 0 amide bonds. The van der Waals surface area contributed by atoms with Crippen LogP contribution in [-0.2, 0) is 14.4 Å². The molecule has 1 saturated heterocycles. The molecule has 2 unspecified atom stereocenters. The zero-order chi connectivity index (χ0) is 40.6. The molecule has 0 aromatic rings. The van der Waals surface area contributed by atoms with E-state index in [0.717, 1.165) is 51.6 Å². The molecule has 312 valence electrons. The fraction of sp³-hybridized carbons (Fsp3) is 0.809. The molecule has 1 heterocycles. The molecule has 5 fully saturated rings. The summed E-state index contributed by atoms with van der Waals surface area (Å²) in [6.45, 7) is 21.4. The summed E-state index contributed by atoms with van der Waals surface area (Å²) in [5.41, 5.74) is 2.89. The van der Waals surface area contributed by atoms with Crippen molar-refractivity contribution in [3.8, 4) is 0 Å². The van der Waals surface area contributed by atoms with E-state index in [4.69, 9.17) is 0 Å². The van der Waals surface area contributed by atoms with Gasteiger partial charge in [0.25, 0.3) is 0 Å². The van der Waals surface area contributed by atoms with Gasteiger partial charge in [-0.1, -0.05) is 58.9 Å². The lowest BCUT2D eigenvalue weighted by molar-refractivity contribution is -0.221. The zero-order valence-electron chi connectivity index (χ0n) is 35.2. The van der Waals surface area contributed by atoms with Crippen LogP contribution in [0.1, 0.15) is 131 Å². The van der Waals surface area contributed by atoms with E-state index in [2.05, 4.69) is 70.5 Å². The second-order valence-electron chi connectivity index (χ2n) is 21.2. The van der Waals surface area contributed by atoms with Gasteiger partial charge in [0.05, 0.1) is 5.92 Å². The van der Waals surface area contributed by atoms with Gasteiger partial charge in [-0.3, -0.25) is 18.8 Å². The first-order valence-corrected chi connectivity index (χ1v) is 22.1. The maximum atomic E-state index is 13.9. The number of hydrogen-bond donors (Lipinski definition) is 4. The molecule has 0 bridgehead atoms. The summed E-state index contributed by atoms with van der Waals surface area (Å²) in [4.78, 5) is 38.0. The molecule has 6 aliphatic carbocycles. The predicted octanol–water partition coefficient (Wildman–Crippen LogP) is 9.17. The molecule has 0 aromatic carbocycles. The summed E-state index contributed by atoms with van der Waals surface area (Å²) >= 11 is 0. The van der Waals surface area contributed by atoms with E-state index in [-0.39, 0.29) is 46.0 Å². The van der Waals surface area contributed by atoms with Crippen LogP contribution in [-0.4, -0.2) is 76.5 Å². The number of likely N-dealkylation sites (tertiary alicyclic amines) is 1. The first-order valence-electron chi connectivity index (χ1n) is 22.1. The van der Waals surface area contributed by atoms with Crippen LogP contribution in [0.3, 0.4) is 0 Å². The number of halogens is 1. The Morgan fingerprint density at radius 2 is 1.59 bits per heavy atom. The third kappa shape index (κ3) is 6.20. The van der Waals surface area contributed by atoms with E-state index in [9.17, 15) is 34.1 Å². The van der Waals surface area contributed by atoms with Gasteiger partial charge >= 0.3 is 17.9 Å². The maximum Gasteiger partial charge on any atom is 0.321 e. The molecule has 4 N–H and O–H groups in total. The number of fused-ring (bicyclic) bond motifs is 7. The monoisotopic (exact) mass is 779 g/mol. The van der Waals surface area contributed by atoms with Crippen molar-refractivity contribution in [2.45, 2.75) is 137 Å². The number of rotatable bonds is 11. The molecule has 0 spiro atoms. The molecule has 0 aromatic heterocycles. The van der Waals surface area contributed by atoms with Gasteiger partial charge in [-0.2, -0.15) is 0 Å². The average molecular weight is 779 g/mol. The van der Waals surface area contributed by atoms with Crippen LogP contribution >= 0.6 is 0 Å². The molecule has 11 atom stereocenters. The van der Waals surface area contributed by atoms with E-state index in [1.165, 1.54) is 55.2 Å². The van der Waals surface area contributed by atoms with Crippen LogP contribution in [0.25, 0.3) is 0 Å². The molecule has 4 saturated carbocycles. The van der Waals surface area contributed by atoms with Crippen LogP contribution in [0, 0.1) is 68.5 Å². The lowest BCUT2D eigenvalue weighted by atomic mass is 9.33. The summed E-state index contributed by atoms with van der Waals surface area (Å²) < 4.78 is 13.9. The average Bonchev–Trinajstić information content (AvgIpc) is 3.52. The number of hydrogen-bond acceptors (Lipinski definition) is 5. The number of piperidine rings is 1. The Morgan fingerprint density at radius 3 is 2.21 bits per heavy atom. The van der Waals surface area contributed by atoms with Crippen molar-refractivity contribution in [3.05, 3.63) is 35.5 Å². The lowest BCUT2D eigenvalue weighted by Gasteiger charge is -2.72. The van der Waals surface area contributed by atoms with Gasteiger partial charge < -0.3 is 25.5 Å². The Bertz CT molecular complexity index is 1650. The van der Waals surface area contributed by atoms with Crippen molar-refractivity contribution in [2.75, 3.05) is 32.9 Å². The van der Waals surface area contributed by atoms with Crippen molar-refractivity contribution in [2.24, 2.45) is 68.5 Å². The van der Waals surface area contributed by atoms with Gasteiger partial charge in [-0.05, 0) is 178 Å². The predicted molar refractivity (Wildman–Crippen MR) is 217 cm³/mol. The summed E-state index contributed by atoms with van der Waals surface area (Å²) in [6, 6.07) is 0. The SMILES string of the molecule is C=C(C)[C@@H]1CC[C@]2(NCCN3CCC(C(=O)O)(C(=O)O)CC3)CC[C@]3(C)[C@H](CC[C@@H]4[C@@]5(C)CC=C(C6=CC(C(CF)C(=O)O)CCC6)C(C)(C)[C@@H]5CC[C@]43C)[C@@H]12. The van der Waals surface area contributed by atoms with Crippen molar-refractivity contribution in [1.29, 1.82) is 0 Å². The molecule has 7 aliphatic rings. The van der Waals surface area contributed by atoms with Crippen LogP contribution in [0.2, 0.25) is 0 Å². The smallest absolute Gasteiger partial charge is 0.321 e. The van der Waals surface area contributed by atoms with E-state index >= 15 is 0 Å². The van der Waals surface area contributed by atoms with Crippen molar-refractivity contribution >= 4 is 17.9 Å². The molecule has 0 radical (unpaired) electrons. The van der Waals surface area contributed by atoms with E-state index in [0.29, 0.717) is 42.7 Å². The number of alkyl halides is 1. The minimum atomic E-state index is -1.67. The second kappa shape index (κ2) is 14.6. The highest BCUT2D eigenvalue weighted by Gasteiger charge is 2.70. The molecule has 9 heteroatoms. The van der Waals surface area contributed by atoms with Crippen LogP contribution in [0.15, 0.2) is 35.5 Å². The van der Waals surface area contributed by atoms with Crippen molar-refractivity contribution < 1.29 is 34.1 Å². The highest BCUT2D eigenvalue weighted by molar-refractivity contribution is 5.98. The highest BCUT2D eigenvalue weighted by atomic mass is 19.1. The number of carbonyl (C=O) groups is 3. The number of carboxylic acids is 3. The molecule has 56 heavy (non-hydrogen) atoms. The molecule has 7 rings (SSSR count). The zero-order valence-corrected chi connectivity index (χ0v) is 35.2. The van der Waals surface area contributed by atoms with Gasteiger partial charge in [-0.15, -0.1) is 0 Å². The fourth-order valence-electron chi connectivity index (χ4n) is 15.6. The Labute approximate surface area is 335 Å². The molecule has 1 aliphatic heterocycles. The summed E-state index contributed by atoms with van der Waals surface area (Å²) in [6.07, 6.45) is 18.2. The third-order valence-electron chi connectivity index (χ3n) is 18.8. The Balaban J connectivity index is 1.11. The largest absolute Gasteiger partial charge is 0.481 e. The van der Waals surface area contributed by atoms with Crippen LogP contribution in [0.5, 0.6) is 0 Å². The summed E-state index contributed by atoms with van der Waals surface area (Å²) in [5, 5.41) is 33.4. The fourth-order valence-corrected chi connectivity index (χ4v) is 15.6. The molecular weight excluding hydrogens is 708 g/mol. The van der Waals surface area contributed by atoms with Gasteiger partial charge in [0.1, 0.15) is 6.67 Å². The number of allylic oxidation sites excluding steroid dienone is 5. The highest BCUT2D eigenvalue weighted by Crippen LogP contribution is 2.76. The normalized spacial score (nSPS) is 42.1. The van der Waals surface area contributed by atoms with E-state index in [1.54, 1.807) is 0 Å². The topological polar surface area (TPSA) is 127 Å². The quantitative estimate of drug-likeness (QED) is 0.121. The number of nitrogens with zero attached hydrogens (tertiary/aromatic N) is 1. The maximum absolute atomic E-state index is 13.9. The second-order valence-corrected chi connectivity index (χ2v) is 21.2. The Morgan fingerprint density at radius 1 is 0.893 bits per heavy atom. The molecular formula is C47H71FN2O6. The minimum absolute atomic E-state index is 0.0481. The Kier molecular flexibility index (Phi) is 10.9. The first kappa shape index (κ1) is 41.6. The van der Waals surface area contributed by atoms with E-state index in [1.807, 2.05) is 0 Å². The third-order valence-corrected chi connectivity index (χ3v) is 18.8. The minimum Gasteiger partial charge on any atom is -0.481 e. The molecule has 8 nitrogen and oxygen atoms in total. The first-order chi connectivity index (χ1) is 26.3. The summed E-state index contributed by atoms with van der Waals surface area (Å²) in [7, 11) is 0. The van der Waals surface area contributed by atoms with Crippen LogP contribution < -0.4 is 5.32 Å². The summed E-state index contributed by atoms with van der Waals surface area (Å²) in [5.74, 6) is -1.92.